The Kier molecular flexibility index (Phi) is 9.25. The molecule has 0 aliphatic carbocycles. The monoisotopic (exact) mass is 558 g/mol. The van der Waals surface area contributed by atoms with Crippen LogP contribution in [-0.4, -0.2) is 16.6 Å². The molecular formula is C37H38N2O3. The Hall–Kier alpha value is -4.73. The van der Waals surface area contributed by atoms with Crippen LogP contribution in [-0.2, 0) is 21.5 Å². The van der Waals surface area contributed by atoms with E-state index in [-0.39, 0.29) is 23.5 Å². The van der Waals surface area contributed by atoms with Crippen LogP contribution in [0.4, 0.5) is 0 Å². The molecular weight excluding hydrogens is 520 g/mol. The quantitative estimate of drug-likeness (QED) is 0.228. The van der Waals surface area contributed by atoms with Gasteiger partial charge in [-0.15, -0.1) is 0 Å². The summed E-state index contributed by atoms with van der Waals surface area (Å²) in [7, 11) is 0. The second-order valence-electron chi connectivity index (χ2n) is 11.7. The van der Waals surface area contributed by atoms with Crippen molar-refractivity contribution < 1.29 is 14.4 Å². The number of aryl methyl sites for hydroxylation is 1. The Morgan fingerprint density at radius 1 is 0.833 bits per heavy atom. The van der Waals surface area contributed by atoms with E-state index in [2.05, 4.69) is 123 Å². The summed E-state index contributed by atoms with van der Waals surface area (Å²) < 4.78 is 2.35. The van der Waals surface area contributed by atoms with Crippen molar-refractivity contribution in [3.8, 4) is 11.1 Å². The molecule has 0 aliphatic heterocycles. The van der Waals surface area contributed by atoms with Crippen LogP contribution in [0.5, 0.6) is 0 Å². The van der Waals surface area contributed by atoms with Gasteiger partial charge in [0.1, 0.15) is 0 Å². The number of hydrogen-bond donors (Lipinski definition) is 1. The van der Waals surface area contributed by atoms with Gasteiger partial charge in [-0.25, -0.2) is 0 Å². The third kappa shape index (κ3) is 6.76. The molecule has 1 amide bonds. The average molecular weight is 559 g/mol. The Balaban J connectivity index is 0.00000129. The van der Waals surface area contributed by atoms with Crippen molar-refractivity contribution >= 4 is 23.0 Å². The van der Waals surface area contributed by atoms with Crippen LogP contribution in [0.1, 0.15) is 72.0 Å². The zero-order valence-electron chi connectivity index (χ0n) is 25.2. The van der Waals surface area contributed by atoms with Crippen LogP contribution >= 0.6 is 0 Å². The molecule has 0 radical (unpaired) electrons. The van der Waals surface area contributed by atoms with Crippen LogP contribution < -0.4 is 5.32 Å². The summed E-state index contributed by atoms with van der Waals surface area (Å²) in [6.45, 7) is 13.8. The fourth-order valence-corrected chi connectivity index (χ4v) is 5.25. The first-order chi connectivity index (χ1) is 20.0. The van der Waals surface area contributed by atoms with E-state index in [4.69, 9.17) is 9.59 Å². The molecule has 0 aliphatic rings. The van der Waals surface area contributed by atoms with Gasteiger partial charge in [-0.2, -0.15) is 9.59 Å². The van der Waals surface area contributed by atoms with Crippen molar-refractivity contribution in [2.24, 2.45) is 0 Å². The van der Waals surface area contributed by atoms with Gasteiger partial charge in [-0.3, -0.25) is 4.79 Å². The lowest BCUT2D eigenvalue weighted by molar-refractivity contribution is -0.191. The number of fused-ring (bicyclic) bond motifs is 1. The minimum atomic E-state index is -0.0817. The zero-order valence-corrected chi connectivity index (χ0v) is 25.2. The van der Waals surface area contributed by atoms with E-state index in [1.54, 1.807) is 0 Å². The molecule has 1 N–H and O–H groups in total. The highest BCUT2D eigenvalue weighted by Gasteiger charge is 2.18. The number of rotatable bonds is 6. The van der Waals surface area contributed by atoms with Gasteiger partial charge in [0.05, 0.1) is 6.04 Å². The first-order valence-electron chi connectivity index (χ1n) is 14.2. The lowest BCUT2D eigenvalue weighted by Crippen LogP contribution is -2.27. The highest BCUT2D eigenvalue weighted by molar-refractivity contribution is 5.99. The molecule has 0 spiro atoms. The average Bonchev–Trinajstić information content (AvgIpc) is 3.22. The highest BCUT2D eigenvalue weighted by atomic mass is 16.2. The van der Waals surface area contributed by atoms with Gasteiger partial charge in [0.25, 0.3) is 5.91 Å². The van der Waals surface area contributed by atoms with E-state index >= 15 is 0 Å². The number of carbonyl (C=O) groups is 1. The Bertz CT molecular complexity index is 1720. The smallest absolute Gasteiger partial charge is 0.346 e. The molecule has 42 heavy (non-hydrogen) atoms. The summed E-state index contributed by atoms with van der Waals surface area (Å²) in [4.78, 5) is 29.5. The lowest BCUT2D eigenvalue weighted by atomic mass is 9.85. The van der Waals surface area contributed by atoms with Gasteiger partial charge in [0.2, 0.25) is 0 Å². The normalized spacial score (nSPS) is 11.8. The lowest BCUT2D eigenvalue weighted by Gasteiger charge is -2.22. The summed E-state index contributed by atoms with van der Waals surface area (Å²) in [6.07, 6.45) is 0.250. The summed E-state index contributed by atoms with van der Waals surface area (Å²) in [6, 6.07) is 33.8. The largest absolute Gasteiger partial charge is 0.373 e. The Morgan fingerprint density at radius 2 is 1.48 bits per heavy atom. The molecule has 1 atom stereocenters. The summed E-state index contributed by atoms with van der Waals surface area (Å²) in [5.74, 6) is -0.0492. The molecule has 0 fully saturated rings. The maximum absolute atomic E-state index is 13.3. The van der Waals surface area contributed by atoms with Crippen molar-refractivity contribution in [1.82, 2.24) is 9.88 Å². The SMILES string of the molecule is Cc1c(C)n(Cc2ccc(-c3ccccc3)cc2)c2ccc(C(=O)N[C@@H](C)c3cccc(C(C)(C)C)c3)cc12.O=C=O. The zero-order chi connectivity index (χ0) is 30.4. The molecule has 214 valence electrons. The second kappa shape index (κ2) is 12.8. The number of nitrogens with zero attached hydrogens (tertiary/aromatic N) is 1. The Labute approximate surface area is 248 Å². The molecule has 5 nitrogen and oxygen atoms in total. The molecule has 1 heterocycles. The predicted molar refractivity (Wildman–Crippen MR) is 168 cm³/mol. The van der Waals surface area contributed by atoms with Crippen molar-refractivity contribution in [3.05, 3.63) is 131 Å². The summed E-state index contributed by atoms with van der Waals surface area (Å²) >= 11 is 0. The Morgan fingerprint density at radius 3 is 2.12 bits per heavy atom. The van der Waals surface area contributed by atoms with Crippen LogP contribution in [0, 0.1) is 13.8 Å². The van der Waals surface area contributed by atoms with Gasteiger partial charge in [0, 0.05) is 28.7 Å². The minimum Gasteiger partial charge on any atom is -0.346 e. The second-order valence-corrected chi connectivity index (χ2v) is 11.7. The van der Waals surface area contributed by atoms with Crippen molar-refractivity contribution in [2.75, 3.05) is 0 Å². The molecule has 5 heteroatoms. The van der Waals surface area contributed by atoms with E-state index in [9.17, 15) is 4.79 Å². The van der Waals surface area contributed by atoms with Crippen molar-refractivity contribution in [3.63, 3.8) is 0 Å². The maximum atomic E-state index is 13.3. The fraction of sp³-hybridized carbons (Fsp3) is 0.243. The molecule has 5 rings (SSSR count). The van der Waals surface area contributed by atoms with Crippen molar-refractivity contribution in [1.29, 1.82) is 0 Å². The van der Waals surface area contributed by atoms with Gasteiger partial charge in [-0.05, 0) is 77.8 Å². The first kappa shape index (κ1) is 30.2. The molecule has 4 aromatic carbocycles. The van der Waals surface area contributed by atoms with Crippen LogP contribution in [0.25, 0.3) is 22.0 Å². The third-order valence-corrected chi connectivity index (χ3v) is 7.90. The number of hydrogen-bond acceptors (Lipinski definition) is 3. The molecule has 1 aromatic heterocycles. The van der Waals surface area contributed by atoms with Crippen LogP contribution in [0.15, 0.2) is 97.1 Å². The fourth-order valence-electron chi connectivity index (χ4n) is 5.25. The van der Waals surface area contributed by atoms with Gasteiger partial charge >= 0.3 is 6.15 Å². The molecule has 5 aromatic rings. The number of amides is 1. The first-order valence-corrected chi connectivity index (χ1v) is 14.2. The summed E-state index contributed by atoms with van der Waals surface area (Å²) in [5.41, 5.74) is 10.4. The van der Waals surface area contributed by atoms with E-state index in [1.807, 2.05) is 25.1 Å². The summed E-state index contributed by atoms with van der Waals surface area (Å²) in [5, 5.41) is 4.34. The number of aromatic nitrogens is 1. The highest BCUT2D eigenvalue weighted by Crippen LogP contribution is 2.29. The molecule has 0 bridgehead atoms. The molecule has 0 unspecified atom stereocenters. The maximum Gasteiger partial charge on any atom is 0.373 e. The van der Waals surface area contributed by atoms with Crippen LogP contribution in [0.2, 0.25) is 0 Å². The van der Waals surface area contributed by atoms with Gasteiger partial charge < -0.3 is 9.88 Å². The predicted octanol–water partition coefficient (Wildman–Crippen LogP) is 8.18. The van der Waals surface area contributed by atoms with Gasteiger partial charge in [-0.1, -0.05) is 99.6 Å². The molecule has 0 saturated carbocycles. The topological polar surface area (TPSA) is 68.2 Å². The van der Waals surface area contributed by atoms with E-state index in [1.165, 1.54) is 33.5 Å². The molecule has 0 saturated heterocycles. The van der Waals surface area contributed by atoms with E-state index in [0.717, 1.165) is 23.0 Å². The minimum absolute atomic E-state index is 0.0492. The number of nitrogens with one attached hydrogen (secondary N) is 1. The number of benzene rings is 4. The van der Waals surface area contributed by atoms with Crippen LogP contribution in [0.3, 0.4) is 0 Å². The van der Waals surface area contributed by atoms with Crippen molar-refractivity contribution in [2.45, 2.75) is 59.5 Å². The van der Waals surface area contributed by atoms with Gasteiger partial charge in [0.15, 0.2) is 0 Å². The standard InChI is InChI=1S/C36H38N2O.CO2/c1-24-26(3)38(23-27-15-17-29(18-16-27)28-11-8-7-9-12-28)34-20-19-31(22-33(24)34)35(39)37-25(2)30-13-10-14-32(21-30)36(4,5)6;2-1-3/h7-22,25H,23H2,1-6H3,(H,37,39);/t25-;/m0./s1. The third-order valence-electron chi connectivity index (χ3n) is 7.90. The van der Waals surface area contributed by atoms with E-state index < -0.39 is 0 Å². The van der Waals surface area contributed by atoms with E-state index in [0.29, 0.717) is 5.56 Å². The number of carbonyl (C=O) groups excluding carboxylic acids is 3.